The average molecular weight is 289 g/mol. The lowest BCUT2D eigenvalue weighted by molar-refractivity contribution is -0.224. The first-order valence-electron chi connectivity index (χ1n) is 4.62. The molecule has 0 radical (unpaired) electrons. The van der Waals surface area contributed by atoms with Crippen LogP contribution >= 0.6 is 0 Å². The molecule has 1 saturated heterocycles. The molecular formula is C8H10F3NO5S. The highest BCUT2D eigenvalue weighted by atomic mass is 32.2. The second kappa shape index (κ2) is 3.37. The molecule has 1 rings (SSSR count). The van der Waals surface area contributed by atoms with Crippen molar-refractivity contribution in [3.8, 4) is 0 Å². The van der Waals surface area contributed by atoms with Gasteiger partial charge in [-0.2, -0.15) is 13.2 Å². The van der Waals surface area contributed by atoms with Crippen molar-refractivity contribution in [2.45, 2.75) is 37.2 Å². The normalized spacial score (nSPS) is 25.2. The molecule has 18 heavy (non-hydrogen) atoms. The van der Waals surface area contributed by atoms with Crippen LogP contribution in [-0.2, 0) is 19.6 Å². The Hall–Kier alpha value is -1.32. The van der Waals surface area contributed by atoms with Gasteiger partial charge in [-0.25, -0.2) is 17.5 Å². The maximum absolute atomic E-state index is 12.8. The molecule has 0 aromatic heterocycles. The van der Waals surface area contributed by atoms with Crippen LogP contribution in [0.5, 0.6) is 0 Å². The third-order valence-corrected chi connectivity index (χ3v) is 5.44. The van der Waals surface area contributed by atoms with Gasteiger partial charge in [-0.15, -0.1) is 0 Å². The van der Waals surface area contributed by atoms with Crippen LogP contribution in [0.4, 0.5) is 13.2 Å². The molecule has 0 spiro atoms. The molecule has 1 unspecified atom stereocenters. The molecule has 10 heteroatoms. The van der Waals surface area contributed by atoms with Gasteiger partial charge in [0.15, 0.2) is 4.75 Å². The SMILES string of the molecule is CC(C(=O)O)(N1C(=O)C(C)(C)S1(=O)=O)C(F)(F)F. The van der Waals surface area contributed by atoms with E-state index < -0.39 is 42.7 Å². The molecule has 0 bridgehead atoms. The van der Waals surface area contributed by atoms with Crippen molar-refractivity contribution in [3.05, 3.63) is 0 Å². The summed E-state index contributed by atoms with van der Waals surface area (Å²) in [5.74, 6) is -3.85. The predicted molar refractivity (Wildman–Crippen MR) is 51.9 cm³/mol. The minimum atomic E-state index is -5.42. The number of carbonyl (C=O) groups excluding carboxylic acids is 1. The molecule has 104 valence electrons. The summed E-state index contributed by atoms with van der Waals surface area (Å²) in [7, 11) is -4.65. The maximum atomic E-state index is 12.8. The van der Waals surface area contributed by atoms with Crippen molar-refractivity contribution in [1.82, 2.24) is 4.31 Å². The van der Waals surface area contributed by atoms with Crippen LogP contribution in [-0.4, -0.2) is 46.2 Å². The molecule has 1 aliphatic heterocycles. The summed E-state index contributed by atoms with van der Waals surface area (Å²) >= 11 is 0. The Morgan fingerprint density at radius 2 is 1.72 bits per heavy atom. The van der Waals surface area contributed by atoms with Gasteiger partial charge in [-0.1, -0.05) is 0 Å². The van der Waals surface area contributed by atoms with Crippen molar-refractivity contribution in [3.63, 3.8) is 0 Å². The van der Waals surface area contributed by atoms with Crippen LogP contribution in [0, 0.1) is 0 Å². The molecule has 1 amide bonds. The van der Waals surface area contributed by atoms with Crippen molar-refractivity contribution < 1.29 is 36.3 Å². The maximum Gasteiger partial charge on any atom is 0.423 e. The highest BCUT2D eigenvalue weighted by Crippen LogP contribution is 2.46. The number of sulfonamides is 1. The predicted octanol–water partition coefficient (Wildman–Crippen LogP) is 0.343. The number of carboxylic acids is 1. The molecule has 1 aliphatic rings. The zero-order valence-electron chi connectivity index (χ0n) is 9.57. The number of carbonyl (C=O) groups is 2. The fourth-order valence-electron chi connectivity index (χ4n) is 1.42. The number of nitrogens with zero attached hydrogens (tertiary/aromatic N) is 1. The Kier molecular flexibility index (Phi) is 2.76. The van der Waals surface area contributed by atoms with Crippen LogP contribution in [0.1, 0.15) is 20.8 Å². The standard InChI is InChI=1S/C8H10F3NO5S/c1-6(2)4(13)12(18(6,16)17)7(3,5(14)15)8(9,10)11/h1-3H3,(H,14,15). The van der Waals surface area contributed by atoms with E-state index in [-0.39, 0.29) is 6.92 Å². The van der Waals surface area contributed by atoms with Crippen LogP contribution < -0.4 is 0 Å². The lowest BCUT2D eigenvalue weighted by Crippen LogP contribution is -2.78. The second-order valence-corrected chi connectivity index (χ2v) is 6.80. The highest BCUT2D eigenvalue weighted by Gasteiger charge is 2.75. The number of alkyl halides is 3. The molecule has 1 atom stereocenters. The van der Waals surface area contributed by atoms with Gasteiger partial charge in [0.1, 0.15) is 0 Å². The number of halogens is 3. The largest absolute Gasteiger partial charge is 0.479 e. The highest BCUT2D eigenvalue weighted by molar-refractivity contribution is 7.94. The zero-order valence-corrected chi connectivity index (χ0v) is 10.4. The minimum absolute atomic E-state index is 0.139. The summed E-state index contributed by atoms with van der Waals surface area (Å²) in [5.41, 5.74) is -3.79. The summed E-state index contributed by atoms with van der Waals surface area (Å²) in [6, 6.07) is 0. The van der Waals surface area contributed by atoms with E-state index in [4.69, 9.17) is 5.11 Å². The monoisotopic (exact) mass is 289 g/mol. The topological polar surface area (TPSA) is 91.8 Å². The van der Waals surface area contributed by atoms with E-state index in [0.29, 0.717) is 0 Å². The Balaban J connectivity index is 3.48. The number of amides is 1. The van der Waals surface area contributed by atoms with E-state index in [1.807, 2.05) is 0 Å². The van der Waals surface area contributed by atoms with E-state index in [0.717, 1.165) is 13.8 Å². The minimum Gasteiger partial charge on any atom is -0.479 e. The van der Waals surface area contributed by atoms with Crippen LogP contribution in [0.2, 0.25) is 0 Å². The summed E-state index contributed by atoms with van der Waals surface area (Å²) in [6.07, 6.45) is -5.42. The third-order valence-electron chi connectivity index (χ3n) is 2.96. The van der Waals surface area contributed by atoms with Gasteiger partial charge in [-0.3, -0.25) is 4.79 Å². The number of hydrogen-bond acceptors (Lipinski definition) is 4. The lowest BCUT2D eigenvalue weighted by Gasteiger charge is -2.50. The first-order chi connectivity index (χ1) is 7.72. The van der Waals surface area contributed by atoms with Crippen LogP contribution in [0.15, 0.2) is 0 Å². The fourth-order valence-corrected chi connectivity index (χ4v) is 3.17. The molecule has 0 aliphatic carbocycles. The van der Waals surface area contributed by atoms with Crippen molar-refractivity contribution >= 4 is 21.9 Å². The molecular weight excluding hydrogens is 279 g/mol. The first-order valence-corrected chi connectivity index (χ1v) is 6.06. The molecule has 1 N–H and O–H groups in total. The summed E-state index contributed by atoms with van der Waals surface area (Å²) < 4.78 is 58.9. The Labute approximate surface area is 100 Å². The smallest absolute Gasteiger partial charge is 0.423 e. The van der Waals surface area contributed by atoms with Crippen molar-refractivity contribution in [2.24, 2.45) is 0 Å². The second-order valence-electron chi connectivity index (χ2n) is 4.46. The Bertz CT molecular complexity index is 523. The summed E-state index contributed by atoms with van der Waals surface area (Å²) in [5, 5.41) is 8.65. The molecule has 0 aromatic carbocycles. The fraction of sp³-hybridized carbons (Fsp3) is 0.750. The van der Waals surface area contributed by atoms with Gasteiger partial charge in [0.05, 0.1) is 0 Å². The van der Waals surface area contributed by atoms with Crippen molar-refractivity contribution in [1.29, 1.82) is 0 Å². The Morgan fingerprint density at radius 1 is 1.33 bits per heavy atom. The van der Waals surface area contributed by atoms with Crippen LogP contribution in [0.25, 0.3) is 0 Å². The van der Waals surface area contributed by atoms with Gasteiger partial charge in [0, 0.05) is 0 Å². The van der Waals surface area contributed by atoms with E-state index in [1.54, 1.807) is 0 Å². The number of rotatable bonds is 2. The molecule has 1 heterocycles. The lowest BCUT2D eigenvalue weighted by atomic mass is 10.00. The molecule has 0 aromatic rings. The third kappa shape index (κ3) is 1.38. The van der Waals surface area contributed by atoms with Crippen LogP contribution in [0.3, 0.4) is 0 Å². The van der Waals surface area contributed by atoms with Crippen molar-refractivity contribution in [2.75, 3.05) is 0 Å². The van der Waals surface area contributed by atoms with E-state index in [9.17, 15) is 31.2 Å². The van der Waals surface area contributed by atoms with E-state index in [1.165, 1.54) is 0 Å². The molecule has 6 nitrogen and oxygen atoms in total. The average Bonchev–Trinajstić information content (AvgIpc) is 2.14. The number of aliphatic carboxylic acids is 1. The molecule has 1 fully saturated rings. The summed E-state index contributed by atoms with van der Waals surface area (Å²) in [6.45, 7) is 1.97. The summed E-state index contributed by atoms with van der Waals surface area (Å²) in [4.78, 5) is 22.2. The number of hydrogen-bond donors (Lipinski definition) is 1. The quantitative estimate of drug-likeness (QED) is 0.791. The van der Waals surface area contributed by atoms with E-state index in [2.05, 4.69) is 0 Å². The van der Waals surface area contributed by atoms with Gasteiger partial charge in [0.2, 0.25) is 5.54 Å². The Morgan fingerprint density at radius 3 is 1.94 bits per heavy atom. The molecule has 0 saturated carbocycles. The van der Waals surface area contributed by atoms with Gasteiger partial charge < -0.3 is 5.11 Å². The van der Waals surface area contributed by atoms with Gasteiger partial charge >= 0.3 is 12.1 Å². The zero-order chi connectivity index (χ0) is 14.7. The van der Waals surface area contributed by atoms with Gasteiger partial charge in [0.25, 0.3) is 15.9 Å². The first kappa shape index (κ1) is 14.7. The van der Waals surface area contributed by atoms with Gasteiger partial charge in [-0.05, 0) is 20.8 Å². The number of carboxylic acid groups (broad SMARTS) is 1. The van der Waals surface area contributed by atoms with E-state index >= 15 is 0 Å².